The molecule has 1 N–H and O–H groups in total. The van der Waals surface area contributed by atoms with Gasteiger partial charge in [-0.05, 0) is 61.4 Å². The summed E-state index contributed by atoms with van der Waals surface area (Å²) in [7, 11) is 0. The Labute approximate surface area is 171 Å². The summed E-state index contributed by atoms with van der Waals surface area (Å²) in [6, 6.07) is 15.9. The second-order valence-corrected chi connectivity index (χ2v) is 7.40. The minimum atomic E-state index is -0.0326. The summed E-state index contributed by atoms with van der Waals surface area (Å²) in [6.07, 6.45) is 3.48. The van der Waals surface area contributed by atoms with Crippen LogP contribution in [-0.4, -0.2) is 47.0 Å². The number of rotatable bonds is 4. The number of amides is 1. The van der Waals surface area contributed by atoms with Gasteiger partial charge in [-0.1, -0.05) is 12.1 Å². The highest BCUT2D eigenvalue weighted by atomic mass is 16.2. The van der Waals surface area contributed by atoms with Crippen LogP contribution in [0.15, 0.2) is 60.9 Å². The largest absolute Gasteiger partial charge is 0.355 e. The molecular formula is C23H25N5O. The van der Waals surface area contributed by atoms with Gasteiger partial charge in [0.15, 0.2) is 0 Å². The van der Waals surface area contributed by atoms with E-state index in [0.29, 0.717) is 18.8 Å². The molecule has 0 saturated carbocycles. The van der Waals surface area contributed by atoms with Gasteiger partial charge in [0.25, 0.3) is 5.91 Å². The Morgan fingerprint density at radius 2 is 1.62 bits per heavy atom. The third-order valence-electron chi connectivity index (χ3n) is 5.03. The number of nitrogens with zero attached hydrogens (tertiary/aromatic N) is 4. The molecule has 29 heavy (non-hydrogen) atoms. The van der Waals surface area contributed by atoms with Gasteiger partial charge in [-0.25, -0.2) is 4.98 Å². The first-order chi connectivity index (χ1) is 14.1. The van der Waals surface area contributed by atoms with Crippen LogP contribution in [0.2, 0.25) is 0 Å². The molecule has 1 aliphatic rings. The quantitative estimate of drug-likeness (QED) is 0.738. The zero-order chi connectivity index (χ0) is 20.2. The first-order valence-corrected chi connectivity index (χ1v) is 9.85. The number of aromatic nitrogens is 2. The number of carbonyl (C=O) groups is 1. The molecule has 1 amide bonds. The summed E-state index contributed by atoms with van der Waals surface area (Å²) in [5, 5.41) is 3.39. The van der Waals surface area contributed by atoms with E-state index < -0.39 is 0 Å². The first kappa shape index (κ1) is 18.9. The normalized spacial score (nSPS) is 14.0. The van der Waals surface area contributed by atoms with Crippen LogP contribution in [0.1, 0.15) is 21.6 Å². The summed E-state index contributed by atoms with van der Waals surface area (Å²) in [6.45, 7) is 7.00. The number of hydrogen-bond acceptors (Lipinski definition) is 5. The molecule has 148 valence electrons. The minimum Gasteiger partial charge on any atom is -0.355 e. The number of benzene rings is 1. The Morgan fingerprint density at radius 3 is 2.31 bits per heavy atom. The van der Waals surface area contributed by atoms with Crippen LogP contribution in [0.5, 0.6) is 0 Å². The molecule has 3 aromatic rings. The molecule has 4 rings (SSSR count). The van der Waals surface area contributed by atoms with Crippen molar-refractivity contribution < 1.29 is 4.79 Å². The maximum atomic E-state index is 13.0. The SMILES string of the molecule is Cc1cc(C)cc(Nc2ccnc(C(=O)N3CCN(c4ccccn4)CC3)c2)c1. The number of carbonyl (C=O) groups excluding carboxylic acids is 1. The maximum Gasteiger partial charge on any atom is 0.272 e. The van der Waals surface area contributed by atoms with E-state index in [0.717, 1.165) is 30.3 Å². The van der Waals surface area contributed by atoms with Gasteiger partial charge in [0.05, 0.1) is 0 Å². The molecular weight excluding hydrogens is 362 g/mol. The Balaban J connectivity index is 1.42. The molecule has 0 atom stereocenters. The Kier molecular flexibility index (Phi) is 5.42. The second-order valence-electron chi connectivity index (χ2n) is 7.40. The molecule has 1 aliphatic heterocycles. The van der Waals surface area contributed by atoms with Crippen molar-refractivity contribution in [3.8, 4) is 0 Å². The lowest BCUT2D eigenvalue weighted by Gasteiger charge is -2.35. The zero-order valence-corrected chi connectivity index (χ0v) is 16.8. The van der Waals surface area contributed by atoms with Crippen molar-refractivity contribution >= 4 is 23.1 Å². The number of nitrogens with one attached hydrogen (secondary N) is 1. The molecule has 0 unspecified atom stereocenters. The topological polar surface area (TPSA) is 61.4 Å². The van der Waals surface area contributed by atoms with Crippen molar-refractivity contribution in [3.63, 3.8) is 0 Å². The molecule has 0 spiro atoms. The van der Waals surface area contributed by atoms with Gasteiger partial charge in [-0.15, -0.1) is 0 Å². The van der Waals surface area contributed by atoms with Crippen molar-refractivity contribution in [2.24, 2.45) is 0 Å². The van der Waals surface area contributed by atoms with Crippen molar-refractivity contribution in [3.05, 3.63) is 77.7 Å². The highest BCUT2D eigenvalue weighted by molar-refractivity contribution is 5.93. The highest BCUT2D eigenvalue weighted by Crippen LogP contribution is 2.21. The van der Waals surface area contributed by atoms with Gasteiger partial charge >= 0.3 is 0 Å². The molecule has 1 aromatic carbocycles. The number of anilines is 3. The van der Waals surface area contributed by atoms with Crippen LogP contribution in [0.4, 0.5) is 17.2 Å². The molecule has 6 nitrogen and oxygen atoms in total. The van der Waals surface area contributed by atoms with Crippen LogP contribution in [0.25, 0.3) is 0 Å². The molecule has 1 saturated heterocycles. The summed E-state index contributed by atoms with van der Waals surface area (Å²) in [5.74, 6) is 0.923. The standard InChI is InChI=1S/C23H25N5O/c1-17-13-18(2)15-20(14-17)26-19-6-8-24-21(16-19)23(29)28-11-9-27(10-12-28)22-5-3-4-7-25-22/h3-8,13-16H,9-12H2,1-2H3,(H,24,26). The molecule has 0 aliphatic carbocycles. The zero-order valence-electron chi connectivity index (χ0n) is 16.8. The summed E-state index contributed by atoms with van der Waals surface area (Å²) < 4.78 is 0. The third-order valence-corrected chi connectivity index (χ3v) is 5.03. The number of hydrogen-bond donors (Lipinski definition) is 1. The first-order valence-electron chi connectivity index (χ1n) is 9.85. The Morgan fingerprint density at radius 1 is 0.862 bits per heavy atom. The monoisotopic (exact) mass is 387 g/mol. The van der Waals surface area contributed by atoms with E-state index >= 15 is 0 Å². The molecule has 1 fully saturated rings. The predicted molar refractivity (Wildman–Crippen MR) is 116 cm³/mol. The third kappa shape index (κ3) is 4.54. The van der Waals surface area contributed by atoms with E-state index in [4.69, 9.17) is 0 Å². The highest BCUT2D eigenvalue weighted by Gasteiger charge is 2.23. The van der Waals surface area contributed by atoms with Crippen molar-refractivity contribution in [2.45, 2.75) is 13.8 Å². The fourth-order valence-corrected chi connectivity index (χ4v) is 3.68. The van der Waals surface area contributed by atoms with E-state index in [1.165, 1.54) is 11.1 Å². The molecule has 3 heterocycles. The molecule has 0 radical (unpaired) electrons. The van der Waals surface area contributed by atoms with Gasteiger partial charge < -0.3 is 15.1 Å². The lowest BCUT2D eigenvalue weighted by atomic mass is 10.1. The second kappa shape index (κ2) is 8.31. The Bertz CT molecular complexity index is 977. The predicted octanol–water partition coefficient (Wildman–Crippen LogP) is 3.80. The van der Waals surface area contributed by atoms with E-state index in [9.17, 15) is 4.79 Å². The van der Waals surface area contributed by atoms with Gasteiger partial charge in [0, 0.05) is 49.9 Å². The average Bonchev–Trinajstić information content (AvgIpc) is 2.73. The smallest absolute Gasteiger partial charge is 0.272 e. The van der Waals surface area contributed by atoms with E-state index in [-0.39, 0.29) is 5.91 Å². The molecule has 0 bridgehead atoms. The van der Waals surface area contributed by atoms with Crippen molar-refractivity contribution in [1.29, 1.82) is 0 Å². The van der Waals surface area contributed by atoms with Gasteiger partial charge in [0.2, 0.25) is 0 Å². The van der Waals surface area contributed by atoms with Crippen LogP contribution in [-0.2, 0) is 0 Å². The van der Waals surface area contributed by atoms with Crippen molar-refractivity contribution in [2.75, 3.05) is 36.4 Å². The lowest BCUT2D eigenvalue weighted by Crippen LogP contribution is -2.49. The fraction of sp³-hybridized carbons (Fsp3) is 0.261. The van der Waals surface area contributed by atoms with Gasteiger partial charge in [-0.3, -0.25) is 9.78 Å². The summed E-state index contributed by atoms with van der Waals surface area (Å²) >= 11 is 0. The molecule has 6 heteroatoms. The van der Waals surface area contributed by atoms with Crippen LogP contribution >= 0.6 is 0 Å². The number of piperazine rings is 1. The van der Waals surface area contributed by atoms with E-state index in [1.54, 1.807) is 12.4 Å². The van der Waals surface area contributed by atoms with E-state index in [2.05, 4.69) is 52.2 Å². The summed E-state index contributed by atoms with van der Waals surface area (Å²) in [5.41, 5.74) is 4.73. The van der Waals surface area contributed by atoms with Crippen LogP contribution < -0.4 is 10.2 Å². The van der Waals surface area contributed by atoms with Crippen LogP contribution in [0, 0.1) is 13.8 Å². The minimum absolute atomic E-state index is 0.0326. The van der Waals surface area contributed by atoms with Crippen LogP contribution in [0.3, 0.4) is 0 Å². The average molecular weight is 387 g/mol. The molecule has 2 aromatic heterocycles. The summed E-state index contributed by atoms with van der Waals surface area (Å²) in [4.78, 5) is 25.7. The van der Waals surface area contributed by atoms with E-state index in [1.807, 2.05) is 35.2 Å². The van der Waals surface area contributed by atoms with Crippen molar-refractivity contribution in [1.82, 2.24) is 14.9 Å². The van der Waals surface area contributed by atoms with Gasteiger partial charge in [0.1, 0.15) is 11.5 Å². The number of aryl methyl sites for hydroxylation is 2. The lowest BCUT2D eigenvalue weighted by molar-refractivity contribution is 0.0740. The maximum absolute atomic E-state index is 13.0. The Hall–Kier alpha value is -3.41. The van der Waals surface area contributed by atoms with Gasteiger partial charge in [-0.2, -0.15) is 0 Å². The number of pyridine rings is 2. The fourth-order valence-electron chi connectivity index (χ4n) is 3.68.